The first-order valence-corrected chi connectivity index (χ1v) is 6.70. The molecule has 1 aliphatic heterocycles. The van der Waals surface area contributed by atoms with Gasteiger partial charge in [-0.05, 0) is 19.9 Å². The molecule has 18 heavy (non-hydrogen) atoms. The maximum absolute atomic E-state index is 12.2. The Bertz CT molecular complexity index is 381. The van der Waals surface area contributed by atoms with Gasteiger partial charge in [0.1, 0.15) is 0 Å². The number of amides is 1. The van der Waals surface area contributed by atoms with Gasteiger partial charge < -0.3 is 14.6 Å². The van der Waals surface area contributed by atoms with Crippen LogP contribution in [0.1, 0.15) is 42.1 Å². The van der Waals surface area contributed by atoms with Gasteiger partial charge in [0, 0.05) is 26.1 Å². The SMILES string of the molecule is CNCCc1ncc(C(=O)N2CCCCCC2)o1. The summed E-state index contributed by atoms with van der Waals surface area (Å²) in [6, 6.07) is 0. The predicted octanol–water partition coefficient (Wildman–Crippen LogP) is 1.45. The van der Waals surface area contributed by atoms with E-state index in [1.165, 1.54) is 12.8 Å². The van der Waals surface area contributed by atoms with Crippen LogP contribution in [0.4, 0.5) is 0 Å². The van der Waals surface area contributed by atoms with Gasteiger partial charge in [-0.3, -0.25) is 4.79 Å². The van der Waals surface area contributed by atoms with E-state index in [4.69, 9.17) is 4.42 Å². The van der Waals surface area contributed by atoms with E-state index >= 15 is 0 Å². The molecule has 1 aromatic rings. The molecule has 1 N–H and O–H groups in total. The van der Waals surface area contributed by atoms with Crippen molar-refractivity contribution >= 4 is 5.91 Å². The zero-order chi connectivity index (χ0) is 12.8. The average molecular weight is 251 g/mol. The number of aromatic nitrogens is 1. The highest BCUT2D eigenvalue weighted by Crippen LogP contribution is 2.14. The van der Waals surface area contributed by atoms with E-state index in [0.29, 0.717) is 18.1 Å². The fourth-order valence-electron chi connectivity index (χ4n) is 2.19. The van der Waals surface area contributed by atoms with Crippen molar-refractivity contribution in [1.82, 2.24) is 15.2 Å². The lowest BCUT2D eigenvalue weighted by molar-refractivity contribution is 0.0727. The second-order valence-electron chi connectivity index (χ2n) is 4.68. The number of likely N-dealkylation sites (N-methyl/N-ethyl adjacent to an activating group) is 1. The molecule has 0 atom stereocenters. The zero-order valence-electron chi connectivity index (χ0n) is 10.9. The van der Waals surface area contributed by atoms with Crippen molar-refractivity contribution in [3.63, 3.8) is 0 Å². The third-order valence-corrected chi connectivity index (χ3v) is 3.25. The topological polar surface area (TPSA) is 58.4 Å². The molecule has 0 aliphatic carbocycles. The van der Waals surface area contributed by atoms with Crippen molar-refractivity contribution in [1.29, 1.82) is 0 Å². The van der Waals surface area contributed by atoms with Crippen LogP contribution in [-0.4, -0.2) is 42.5 Å². The van der Waals surface area contributed by atoms with E-state index in [9.17, 15) is 4.79 Å². The second kappa shape index (κ2) is 6.54. The number of nitrogens with zero attached hydrogens (tertiary/aromatic N) is 2. The summed E-state index contributed by atoms with van der Waals surface area (Å²) < 4.78 is 5.50. The highest BCUT2D eigenvalue weighted by molar-refractivity contribution is 5.91. The molecule has 0 aromatic carbocycles. The third kappa shape index (κ3) is 3.32. The minimum absolute atomic E-state index is 0.0138. The standard InChI is InChI=1S/C13H21N3O2/c1-14-7-6-12-15-10-11(18-12)13(17)16-8-4-2-3-5-9-16/h10,14H,2-9H2,1H3. The Balaban J connectivity index is 1.96. The molecule has 1 saturated heterocycles. The maximum atomic E-state index is 12.2. The van der Waals surface area contributed by atoms with Gasteiger partial charge in [-0.2, -0.15) is 0 Å². The summed E-state index contributed by atoms with van der Waals surface area (Å²) in [5.41, 5.74) is 0. The van der Waals surface area contributed by atoms with Gasteiger partial charge in [-0.25, -0.2) is 4.98 Å². The van der Waals surface area contributed by atoms with Crippen molar-refractivity contribution < 1.29 is 9.21 Å². The van der Waals surface area contributed by atoms with Crippen molar-refractivity contribution in [2.75, 3.05) is 26.7 Å². The van der Waals surface area contributed by atoms with Crippen LogP contribution < -0.4 is 5.32 Å². The van der Waals surface area contributed by atoms with Crippen LogP contribution in [0.2, 0.25) is 0 Å². The highest BCUT2D eigenvalue weighted by atomic mass is 16.4. The number of oxazole rings is 1. The minimum Gasteiger partial charge on any atom is -0.435 e. The molecule has 1 fully saturated rings. The molecule has 2 heterocycles. The van der Waals surface area contributed by atoms with Crippen LogP contribution >= 0.6 is 0 Å². The molecule has 1 aromatic heterocycles. The first-order chi connectivity index (χ1) is 8.81. The Hall–Kier alpha value is -1.36. The van der Waals surface area contributed by atoms with Gasteiger partial charge in [0.05, 0.1) is 6.20 Å². The molecule has 5 nitrogen and oxygen atoms in total. The minimum atomic E-state index is -0.0138. The number of hydrogen-bond acceptors (Lipinski definition) is 4. The molecule has 5 heteroatoms. The molecular weight excluding hydrogens is 230 g/mol. The van der Waals surface area contributed by atoms with Gasteiger partial charge in [0.15, 0.2) is 5.89 Å². The van der Waals surface area contributed by atoms with Crippen LogP contribution in [0.15, 0.2) is 10.6 Å². The Labute approximate surface area is 108 Å². The van der Waals surface area contributed by atoms with Gasteiger partial charge in [-0.1, -0.05) is 12.8 Å². The molecule has 1 amide bonds. The zero-order valence-corrected chi connectivity index (χ0v) is 10.9. The normalized spacial score (nSPS) is 16.6. The van der Waals surface area contributed by atoms with E-state index in [1.54, 1.807) is 6.20 Å². The monoisotopic (exact) mass is 251 g/mol. The highest BCUT2D eigenvalue weighted by Gasteiger charge is 2.20. The average Bonchev–Trinajstić information content (AvgIpc) is 2.69. The fourth-order valence-corrected chi connectivity index (χ4v) is 2.19. The lowest BCUT2D eigenvalue weighted by Crippen LogP contribution is -2.31. The van der Waals surface area contributed by atoms with E-state index in [2.05, 4.69) is 10.3 Å². The van der Waals surface area contributed by atoms with Crippen molar-refractivity contribution in [2.45, 2.75) is 32.1 Å². The Kier molecular flexibility index (Phi) is 4.75. The first-order valence-electron chi connectivity index (χ1n) is 6.70. The Morgan fingerprint density at radius 3 is 2.78 bits per heavy atom. The van der Waals surface area contributed by atoms with Gasteiger partial charge in [0.2, 0.25) is 5.76 Å². The summed E-state index contributed by atoms with van der Waals surface area (Å²) in [4.78, 5) is 18.2. The number of nitrogens with one attached hydrogen (secondary N) is 1. The largest absolute Gasteiger partial charge is 0.435 e. The van der Waals surface area contributed by atoms with E-state index in [1.807, 2.05) is 11.9 Å². The fraction of sp³-hybridized carbons (Fsp3) is 0.692. The molecule has 0 spiro atoms. The molecule has 0 bridgehead atoms. The summed E-state index contributed by atoms with van der Waals surface area (Å²) in [6.07, 6.45) is 6.88. The Morgan fingerprint density at radius 1 is 1.39 bits per heavy atom. The predicted molar refractivity (Wildman–Crippen MR) is 68.5 cm³/mol. The number of carbonyl (C=O) groups excluding carboxylic acids is 1. The number of likely N-dealkylation sites (tertiary alicyclic amines) is 1. The number of hydrogen-bond donors (Lipinski definition) is 1. The van der Waals surface area contributed by atoms with Crippen LogP contribution in [0, 0.1) is 0 Å². The maximum Gasteiger partial charge on any atom is 0.291 e. The smallest absolute Gasteiger partial charge is 0.291 e. The van der Waals surface area contributed by atoms with E-state index < -0.39 is 0 Å². The van der Waals surface area contributed by atoms with Crippen molar-refractivity contribution in [2.24, 2.45) is 0 Å². The van der Waals surface area contributed by atoms with Gasteiger partial charge >= 0.3 is 0 Å². The molecular formula is C13H21N3O2. The van der Waals surface area contributed by atoms with Gasteiger partial charge in [-0.15, -0.1) is 0 Å². The number of rotatable bonds is 4. The molecule has 0 radical (unpaired) electrons. The summed E-state index contributed by atoms with van der Waals surface area (Å²) in [6.45, 7) is 2.48. The summed E-state index contributed by atoms with van der Waals surface area (Å²) in [7, 11) is 1.88. The van der Waals surface area contributed by atoms with Crippen LogP contribution in [0.3, 0.4) is 0 Å². The van der Waals surface area contributed by atoms with Gasteiger partial charge in [0.25, 0.3) is 5.91 Å². The van der Waals surface area contributed by atoms with Crippen LogP contribution in [0.25, 0.3) is 0 Å². The molecule has 1 aliphatic rings. The van der Waals surface area contributed by atoms with E-state index in [-0.39, 0.29) is 5.91 Å². The number of carbonyl (C=O) groups is 1. The molecule has 2 rings (SSSR count). The molecule has 0 unspecified atom stereocenters. The van der Waals surface area contributed by atoms with Crippen molar-refractivity contribution in [3.05, 3.63) is 17.8 Å². The molecule has 100 valence electrons. The Morgan fingerprint density at radius 2 is 2.11 bits per heavy atom. The summed E-state index contributed by atoms with van der Waals surface area (Å²) >= 11 is 0. The summed E-state index contributed by atoms with van der Waals surface area (Å²) in [5, 5.41) is 3.03. The summed E-state index contributed by atoms with van der Waals surface area (Å²) in [5.74, 6) is 0.991. The molecule has 0 saturated carbocycles. The van der Waals surface area contributed by atoms with E-state index in [0.717, 1.165) is 32.5 Å². The quantitative estimate of drug-likeness (QED) is 0.880. The van der Waals surface area contributed by atoms with Crippen LogP contribution in [0.5, 0.6) is 0 Å². The first kappa shape index (κ1) is 13.1. The second-order valence-corrected chi connectivity index (χ2v) is 4.68. The van der Waals surface area contributed by atoms with Crippen molar-refractivity contribution in [3.8, 4) is 0 Å². The lowest BCUT2D eigenvalue weighted by atomic mass is 10.2. The van der Waals surface area contributed by atoms with Crippen LogP contribution in [-0.2, 0) is 6.42 Å². The lowest BCUT2D eigenvalue weighted by Gasteiger charge is -2.18. The third-order valence-electron chi connectivity index (χ3n) is 3.25.